The molecular weight excluding hydrogens is 302 g/mol. The van der Waals surface area contributed by atoms with Crippen LogP contribution in [0.2, 0.25) is 0 Å². The van der Waals surface area contributed by atoms with E-state index in [1.165, 1.54) is 0 Å². The van der Waals surface area contributed by atoms with Gasteiger partial charge in [0.25, 0.3) is 0 Å². The molecule has 132 valence electrons. The second-order valence-corrected chi connectivity index (χ2v) is 7.00. The zero-order chi connectivity index (χ0) is 16.9. The number of anilines is 1. The van der Waals surface area contributed by atoms with Gasteiger partial charge in [-0.3, -0.25) is 9.69 Å². The van der Waals surface area contributed by atoms with Gasteiger partial charge < -0.3 is 15.5 Å². The molecule has 0 aromatic carbocycles. The van der Waals surface area contributed by atoms with E-state index >= 15 is 0 Å². The molecule has 1 aromatic heterocycles. The minimum Gasteiger partial charge on any atom is -0.354 e. The number of amides is 1. The van der Waals surface area contributed by atoms with E-state index in [1.54, 1.807) is 0 Å². The quantitative estimate of drug-likeness (QED) is 0.864. The smallest absolute Gasteiger partial charge is 0.224 e. The van der Waals surface area contributed by atoms with Crippen molar-refractivity contribution in [1.82, 2.24) is 14.8 Å². The Morgan fingerprint density at radius 3 is 2.71 bits per heavy atom. The van der Waals surface area contributed by atoms with Crippen LogP contribution in [0.25, 0.3) is 0 Å². The molecular formula is C18H29N5O. The molecule has 1 amide bonds. The summed E-state index contributed by atoms with van der Waals surface area (Å²) in [6, 6.07) is 6.37. The van der Waals surface area contributed by atoms with E-state index in [0.29, 0.717) is 24.9 Å². The summed E-state index contributed by atoms with van der Waals surface area (Å²) in [5.41, 5.74) is 5.75. The summed E-state index contributed by atoms with van der Waals surface area (Å²) >= 11 is 0. The standard InChI is InChI=1S/C18H29N5O/c1-15-12-16(13-19)14-23(15)18(24)5-7-21-8-10-22(11-9-21)17-4-2-3-6-20-17/h2-4,6,15-16H,5,7-14,19H2,1H3. The number of piperazine rings is 1. The maximum absolute atomic E-state index is 12.5. The molecule has 6 heteroatoms. The highest BCUT2D eigenvalue weighted by Crippen LogP contribution is 2.23. The highest BCUT2D eigenvalue weighted by Gasteiger charge is 2.31. The fraction of sp³-hybridized carbons (Fsp3) is 0.667. The second kappa shape index (κ2) is 7.94. The third kappa shape index (κ3) is 4.05. The van der Waals surface area contributed by atoms with Crippen LogP contribution < -0.4 is 10.6 Å². The van der Waals surface area contributed by atoms with Crippen molar-refractivity contribution in [3.63, 3.8) is 0 Å². The Labute approximate surface area is 144 Å². The van der Waals surface area contributed by atoms with Crippen molar-refractivity contribution in [3.05, 3.63) is 24.4 Å². The number of nitrogens with two attached hydrogens (primary N) is 1. The van der Waals surface area contributed by atoms with E-state index in [-0.39, 0.29) is 5.91 Å². The number of nitrogens with zero attached hydrogens (tertiary/aromatic N) is 4. The zero-order valence-electron chi connectivity index (χ0n) is 14.6. The van der Waals surface area contributed by atoms with Gasteiger partial charge in [0, 0.05) is 57.9 Å². The Morgan fingerprint density at radius 2 is 2.08 bits per heavy atom. The van der Waals surface area contributed by atoms with Gasteiger partial charge in [0.2, 0.25) is 5.91 Å². The number of likely N-dealkylation sites (tertiary alicyclic amines) is 1. The van der Waals surface area contributed by atoms with Crippen molar-refractivity contribution in [1.29, 1.82) is 0 Å². The molecule has 2 saturated heterocycles. The molecule has 0 saturated carbocycles. The summed E-state index contributed by atoms with van der Waals surface area (Å²) in [6.45, 7) is 8.44. The van der Waals surface area contributed by atoms with Gasteiger partial charge in [-0.25, -0.2) is 4.98 Å². The number of rotatable bonds is 5. The van der Waals surface area contributed by atoms with Crippen LogP contribution in [0.3, 0.4) is 0 Å². The van der Waals surface area contributed by atoms with Crippen molar-refractivity contribution in [2.45, 2.75) is 25.8 Å². The topological polar surface area (TPSA) is 65.7 Å². The van der Waals surface area contributed by atoms with Crippen molar-refractivity contribution >= 4 is 11.7 Å². The van der Waals surface area contributed by atoms with Crippen molar-refractivity contribution in [3.8, 4) is 0 Å². The second-order valence-electron chi connectivity index (χ2n) is 7.00. The third-order valence-corrected chi connectivity index (χ3v) is 5.30. The monoisotopic (exact) mass is 331 g/mol. The van der Waals surface area contributed by atoms with Crippen molar-refractivity contribution < 1.29 is 4.79 Å². The first-order chi connectivity index (χ1) is 11.7. The van der Waals surface area contributed by atoms with E-state index in [2.05, 4.69) is 27.8 Å². The summed E-state index contributed by atoms with van der Waals surface area (Å²) in [7, 11) is 0. The Bertz CT molecular complexity index is 529. The summed E-state index contributed by atoms with van der Waals surface area (Å²) in [5.74, 6) is 1.81. The lowest BCUT2D eigenvalue weighted by Crippen LogP contribution is -2.47. The first-order valence-electron chi connectivity index (χ1n) is 9.05. The normalized spacial score (nSPS) is 25.2. The van der Waals surface area contributed by atoms with Gasteiger partial charge in [0.1, 0.15) is 5.82 Å². The van der Waals surface area contributed by atoms with Crippen molar-refractivity contribution in [2.24, 2.45) is 11.7 Å². The average molecular weight is 331 g/mol. The lowest BCUT2D eigenvalue weighted by molar-refractivity contribution is -0.132. The Balaban J connectivity index is 1.41. The Hall–Kier alpha value is -1.66. The number of carbonyl (C=O) groups is 1. The lowest BCUT2D eigenvalue weighted by Gasteiger charge is -2.35. The molecule has 2 aliphatic rings. The molecule has 3 heterocycles. The SMILES string of the molecule is CC1CC(CN)CN1C(=O)CCN1CCN(c2ccccn2)CC1. The molecule has 6 nitrogen and oxygen atoms in total. The summed E-state index contributed by atoms with van der Waals surface area (Å²) in [6.07, 6.45) is 3.50. The summed E-state index contributed by atoms with van der Waals surface area (Å²) < 4.78 is 0. The molecule has 2 aliphatic heterocycles. The fourth-order valence-corrected chi connectivity index (χ4v) is 3.80. The number of carbonyl (C=O) groups excluding carboxylic acids is 1. The van der Waals surface area contributed by atoms with Crippen LogP contribution in [0.1, 0.15) is 19.8 Å². The van der Waals surface area contributed by atoms with Crippen LogP contribution in [-0.2, 0) is 4.79 Å². The van der Waals surface area contributed by atoms with Crippen LogP contribution in [0.15, 0.2) is 24.4 Å². The predicted octanol–water partition coefficient (Wildman–Crippen LogP) is 0.789. The maximum atomic E-state index is 12.5. The van der Waals surface area contributed by atoms with E-state index in [4.69, 9.17) is 5.73 Å². The lowest BCUT2D eigenvalue weighted by atomic mass is 10.1. The zero-order valence-corrected chi connectivity index (χ0v) is 14.6. The molecule has 0 spiro atoms. The van der Waals surface area contributed by atoms with Gasteiger partial charge in [-0.15, -0.1) is 0 Å². The van der Waals surface area contributed by atoms with Gasteiger partial charge in [0.15, 0.2) is 0 Å². The van der Waals surface area contributed by atoms with Crippen LogP contribution in [0, 0.1) is 5.92 Å². The summed E-state index contributed by atoms with van der Waals surface area (Å²) in [4.78, 5) is 23.6. The molecule has 24 heavy (non-hydrogen) atoms. The van der Waals surface area contributed by atoms with Crippen LogP contribution in [0.4, 0.5) is 5.82 Å². The van der Waals surface area contributed by atoms with E-state index in [9.17, 15) is 4.79 Å². The first kappa shape index (κ1) is 17.2. The minimum absolute atomic E-state index is 0.283. The predicted molar refractivity (Wildman–Crippen MR) is 95.8 cm³/mol. The van der Waals surface area contributed by atoms with E-state index in [0.717, 1.165) is 51.5 Å². The molecule has 0 bridgehead atoms. The van der Waals surface area contributed by atoms with Gasteiger partial charge in [-0.1, -0.05) is 6.07 Å². The van der Waals surface area contributed by atoms with Crippen LogP contribution in [0.5, 0.6) is 0 Å². The fourth-order valence-electron chi connectivity index (χ4n) is 3.80. The van der Waals surface area contributed by atoms with E-state index in [1.807, 2.05) is 23.2 Å². The highest BCUT2D eigenvalue weighted by atomic mass is 16.2. The molecule has 1 aromatic rings. The number of aromatic nitrogens is 1. The van der Waals surface area contributed by atoms with Gasteiger partial charge in [-0.2, -0.15) is 0 Å². The largest absolute Gasteiger partial charge is 0.354 e. The Kier molecular flexibility index (Phi) is 5.68. The molecule has 0 aliphatic carbocycles. The van der Waals surface area contributed by atoms with Crippen LogP contribution >= 0.6 is 0 Å². The van der Waals surface area contributed by atoms with Gasteiger partial charge >= 0.3 is 0 Å². The Morgan fingerprint density at radius 1 is 1.29 bits per heavy atom. The number of pyridine rings is 1. The molecule has 2 atom stereocenters. The number of hydrogen-bond acceptors (Lipinski definition) is 5. The molecule has 2 fully saturated rings. The van der Waals surface area contributed by atoms with Crippen LogP contribution in [-0.4, -0.2) is 72.5 Å². The molecule has 3 rings (SSSR count). The van der Waals surface area contributed by atoms with Gasteiger partial charge in [0.05, 0.1) is 0 Å². The summed E-state index contributed by atoms with van der Waals surface area (Å²) in [5, 5.41) is 0. The van der Waals surface area contributed by atoms with Crippen molar-refractivity contribution in [2.75, 3.05) is 50.7 Å². The molecule has 2 unspecified atom stereocenters. The molecule has 2 N–H and O–H groups in total. The first-order valence-corrected chi connectivity index (χ1v) is 9.05. The van der Waals surface area contributed by atoms with Gasteiger partial charge in [-0.05, 0) is 37.9 Å². The highest BCUT2D eigenvalue weighted by molar-refractivity contribution is 5.77. The van der Waals surface area contributed by atoms with E-state index < -0.39 is 0 Å². The number of hydrogen-bond donors (Lipinski definition) is 1. The average Bonchev–Trinajstić information content (AvgIpc) is 3.02. The molecule has 0 radical (unpaired) electrons. The minimum atomic E-state index is 0.283. The third-order valence-electron chi connectivity index (χ3n) is 5.30. The maximum Gasteiger partial charge on any atom is 0.224 e.